The minimum atomic E-state index is -4.26. The van der Waals surface area contributed by atoms with E-state index in [-0.39, 0.29) is 25.5 Å². The summed E-state index contributed by atoms with van der Waals surface area (Å²) in [6.07, 6.45) is -2.62. The Kier molecular flexibility index (Phi) is 10.4. The Labute approximate surface area is 214 Å². The number of hydrogen-bond donors (Lipinski definition) is 4. The van der Waals surface area contributed by atoms with Gasteiger partial charge in [-0.15, -0.1) is 0 Å². The first kappa shape index (κ1) is 29.9. The van der Waals surface area contributed by atoms with Crippen LogP contribution in [-0.4, -0.2) is 70.5 Å². The highest BCUT2D eigenvalue weighted by Crippen LogP contribution is 2.26. The van der Waals surface area contributed by atoms with Gasteiger partial charge in [-0.2, -0.15) is 8.78 Å². The predicted molar refractivity (Wildman–Crippen MR) is 130 cm³/mol. The molecule has 2 rings (SSSR count). The Morgan fingerprint density at radius 3 is 2.27 bits per heavy atom. The Bertz CT molecular complexity index is 960. The van der Waals surface area contributed by atoms with Gasteiger partial charge >= 0.3 is 12.0 Å². The first-order valence-corrected chi connectivity index (χ1v) is 12.2. The van der Waals surface area contributed by atoms with E-state index in [1.54, 1.807) is 38.1 Å². The topological polar surface area (TPSA) is 151 Å². The average Bonchev–Trinajstić information content (AvgIpc) is 3.34. The monoisotopic (exact) mass is 526 g/mol. The lowest BCUT2D eigenvalue weighted by Crippen LogP contribution is -2.61. The van der Waals surface area contributed by atoms with E-state index in [1.807, 2.05) is 6.07 Å². The molecule has 0 aliphatic carbocycles. The van der Waals surface area contributed by atoms with Crippen LogP contribution in [0.2, 0.25) is 0 Å². The smallest absolute Gasteiger partial charge is 0.408 e. The van der Waals surface area contributed by atoms with Crippen molar-refractivity contribution in [2.75, 3.05) is 6.54 Å². The van der Waals surface area contributed by atoms with Crippen LogP contribution in [0.15, 0.2) is 30.3 Å². The second-order valence-corrected chi connectivity index (χ2v) is 9.83. The van der Waals surface area contributed by atoms with Crippen molar-refractivity contribution >= 4 is 23.8 Å². The van der Waals surface area contributed by atoms with Gasteiger partial charge in [-0.05, 0) is 30.2 Å². The molecular weight excluding hydrogens is 490 g/mol. The lowest BCUT2D eigenvalue weighted by molar-refractivity contribution is -0.166. The molecule has 0 unspecified atom stereocenters. The molecule has 37 heavy (non-hydrogen) atoms. The molecule has 1 fully saturated rings. The van der Waals surface area contributed by atoms with Gasteiger partial charge < -0.3 is 31.1 Å². The number of primary amides is 1. The highest BCUT2D eigenvalue weighted by atomic mass is 19.3. The summed E-state index contributed by atoms with van der Waals surface area (Å²) in [6.45, 7) is 6.65. The highest BCUT2D eigenvalue weighted by Gasteiger charge is 2.50. The summed E-state index contributed by atoms with van der Waals surface area (Å²) in [6, 6.07) is 5.49. The number of alkyl halides is 2. The van der Waals surface area contributed by atoms with Crippen LogP contribution in [0.25, 0.3) is 0 Å². The summed E-state index contributed by atoms with van der Waals surface area (Å²) in [5.74, 6) is -8.58. The molecule has 4 amide bonds. The molecule has 1 aliphatic rings. The number of alkyl carbamates (subject to hydrolysis) is 1. The average molecular weight is 527 g/mol. The quantitative estimate of drug-likeness (QED) is 0.344. The molecule has 1 aromatic carbocycles. The molecule has 10 nitrogen and oxygen atoms in total. The second kappa shape index (κ2) is 12.8. The number of carbonyl (C=O) groups excluding carboxylic acids is 4. The fourth-order valence-corrected chi connectivity index (χ4v) is 4.13. The van der Waals surface area contributed by atoms with Gasteiger partial charge in [0.05, 0.1) is 6.04 Å². The largest absolute Gasteiger partial charge is 0.445 e. The zero-order valence-corrected chi connectivity index (χ0v) is 21.4. The zero-order chi connectivity index (χ0) is 27.9. The fraction of sp³-hybridized carbons (Fsp3) is 0.600. The molecule has 0 saturated carbocycles. The number of amides is 4. The normalized spacial score (nSPS) is 18.3. The maximum Gasteiger partial charge on any atom is 0.408 e. The number of halogens is 2. The standard InChI is InChI=1S/C25H36F2N4O6/c1-14(2)18(20(32)25(26,27)23(28)35)29-21(33)17-11-8-12-31(17)22(34)19(15(3)4)30-24(36)37-13-16-9-6-5-7-10-16/h5-7,9-10,14-15,17-20,32H,8,11-13H2,1-4H3,(H2,28,35)(H,29,33)(H,30,36)/t17-,18-,19-,20+/m0/s1. The Hall–Kier alpha value is -3.28. The number of nitrogens with two attached hydrogens (primary N) is 1. The summed E-state index contributed by atoms with van der Waals surface area (Å²) in [4.78, 5) is 51.2. The first-order valence-electron chi connectivity index (χ1n) is 12.2. The third-order valence-electron chi connectivity index (χ3n) is 6.32. The van der Waals surface area contributed by atoms with E-state index in [0.717, 1.165) is 5.56 Å². The Morgan fingerprint density at radius 1 is 1.11 bits per heavy atom. The van der Waals surface area contributed by atoms with E-state index in [9.17, 15) is 33.1 Å². The van der Waals surface area contributed by atoms with Crippen LogP contribution >= 0.6 is 0 Å². The van der Waals surface area contributed by atoms with E-state index < -0.39 is 59.9 Å². The van der Waals surface area contributed by atoms with Gasteiger partial charge in [-0.3, -0.25) is 14.4 Å². The third kappa shape index (κ3) is 7.61. The summed E-state index contributed by atoms with van der Waals surface area (Å²) in [5.41, 5.74) is 5.49. The van der Waals surface area contributed by atoms with Gasteiger partial charge in [0.25, 0.3) is 5.91 Å². The number of likely N-dealkylation sites (tertiary alicyclic amines) is 1. The van der Waals surface area contributed by atoms with E-state index in [4.69, 9.17) is 10.5 Å². The lowest BCUT2D eigenvalue weighted by Gasteiger charge is -2.34. The van der Waals surface area contributed by atoms with Crippen LogP contribution in [0.1, 0.15) is 46.1 Å². The SMILES string of the molecule is CC(C)[C@H](NC(=O)OCc1ccccc1)C(=O)N1CCC[C@H]1C(=O)N[C@@H](C(C)C)[C@@H](O)C(F)(F)C(N)=O. The number of benzene rings is 1. The summed E-state index contributed by atoms with van der Waals surface area (Å²) in [7, 11) is 0. The van der Waals surface area contributed by atoms with Gasteiger partial charge in [0, 0.05) is 6.54 Å². The number of nitrogens with zero attached hydrogens (tertiary/aromatic N) is 1. The summed E-state index contributed by atoms with van der Waals surface area (Å²) in [5, 5.41) is 15.1. The summed E-state index contributed by atoms with van der Waals surface area (Å²) < 4.78 is 33.4. The van der Waals surface area contributed by atoms with E-state index >= 15 is 0 Å². The minimum absolute atomic E-state index is 0.00920. The van der Waals surface area contributed by atoms with Gasteiger partial charge in [0.15, 0.2) is 0 Å². The van der Waals surface area contributed by atoms with Crippen molar-refractivity contribution in [1.29, 1.82) is 0 Å². The highest BCUT2D eigenvalue weighted by molar-refractivity contribution is 5.92. The number of aliphatic hydroxyl groups is 1. The molecule has 12 heteroatoms. The lowest BCUT2D eigenvalue weighted by atomic mass is 9.93. The van der Waals surface area contributed by atoms with Crippen molar-refractivity contribution in [1.82, 2.24) is 15.5 Å². The molecule has 206 valence electrons. The Morgan fingerprint density at radius 2 is 1.73 bits per heavy atom. The number of aliphatic hydroxyl groups excluding tert-OH is 1. The minimum Gasteiger partial charge on any atom is -0.445 e. The maximum absolute atomic E-state index is 14.1. The van der Waals surface area contributed by atoms with Gasteiger partial charge in [0.2, 0.25) is 11.8 Å². The molecule has 0 bridgehead atoms. The molecule has 0 aromatic heterocycles. The third-order valence-corrected chi connectivity index (χ3v) is 6.32. The molecule has 1 aliphatic heterocycles. The maximum atomic E-state index is 14.1. The van der Waals surface area contributed by atoms with E-state index in [0.29, 0.717) is 6.42 Å². The molecule has 4 atom stereocenters. The molecule has 1 aromatic rings. The van der Waals surface area contributed by atoms with Crippen molar-refractivity contribution in [2.45, 2.75) is 77.3 Å². The van der Waals surface area contributed by atoms with Crippen LogP contribution in [0.3, 0.4) is 0 Å². The number of rotatable bonds is 11. The first-order chi connectivity index (χ1) is 17.3. The van der Waals surface area contributed by atoms with Crippen LogP contribution < -0.4 is 16.4 Å². The zero-order valence-electron chi connectivity index (χ0n) is 21.4. The van der Waals surface area contributed by atoms with Crippen LogP contribution in [0, 0.1) is 11.8 Å². The van der Waals surface area contributed by atoms with Gasteiger partial charge in [-0.25, -0.2) is 4.79 Å². The molecule has 0 radical (unpaired) electrons. The number of carbonyl (C=O) groups is 4. The van der Waals surface area contributed by atoms with E-state index in [1.165, 1.54) is 18.7 Å². The van der Waals surface area contributed by atoms with Crippen molar-refractivity contribution in [3.8, 4) is 0 Å². The summed E-state index contributed by atoms with van der Waals surface area (Å²) >= 11 is 0. The predicted octanol–water partition coefficient (Wildman–Crippen LogP) is 1.55. The number of hydrogen-bond acceptors (Lipinski definition) is 6. The van der Waals surface area contributed by atoms with Crippen molar-refractivity contribution in [3.05, 3.63) is 35.9 Å². The van der Waals surface area contributed by atoms with Crippen molar-refractivity contribution in [2.24, 2.45) is 17.6 Å². The molecule has 1 saturated heterocycles. The van der Waals surface area contributed by atoms with Crippen LogP contribution in [0.4, 0.5) is 13.6 Å². The van der Waals surface area contributed by atoms with Gasteiger partial charge in [-0.1, -0.05) is 58.0 Å². The van der Waals surface area contributed by atoms with Crippen LogP contribution in [0.5, 0.6) is 0 Å². The number of nitrogens with one attached hydrogen (secondary N) is 2. The molecule has 1 heterocycles. The van der Waals surface area contributed by atoms with E-state index in [2.05, 4.69) is 10.6 Å². The fourth-order valence-electron chi connectivity index (χ4n) is 4.13. The number of ether oxygens (including phenoxy) is 1. The van der Waals surface area contributed by atoms with Crippen molar-refractivity contribution in [3.63, 3.8) is 0 Å². The van der Waals surface area contributed by atoms with Crippen LogP contribution in [-0.2, 0) is 25.7 Å². The molecule has 5 N–H and O–H groups in total. The second-order valence-electron chi connectivity index (χ2n) is 9.83. The molecular formula is C25H36F2N4O6. The van der Waals surface area contributed by atoms with Crippen molar-refractivity contribution < 1.29 is 37.8 Å². The van der Waals surface area contributed by atoms with Gasteiger partial charge in [0.1, 0.15) is 24.8 Å². The molecule has 0 spiro atoms. The Balaban J connectivity index is 2.10.